The predicted octanol–water partition coefficient (Wildman–Crippen LogP) is 3.92. The lowest BCUT2D eigenvalue weighted by Crippen LogP contribution is -2.01. The van der Waals surface area contributed by atoms with Gasteiger partial charge in [0.1, 0.15) is 11.3 Å². The van der Waals surface area contributed by atoms with Crippen molar-refractivity contribution in [2.45, 2.75) is 39.5 Å². The summed E-state index contributed by atoms with van der Waals surface area (Å²) in [7, 11) is 0. The number of aryl methyl sites for hydroxylation is 1. The van der Waals surface area contributed by atoms with Gasteiger partial charge in [0.25, 0.3) is 0 Å². The van der Waals surface area contributed by atoms with Crippen molar-refractivity contribution in [1.82, 2.24) is 0 Å². The molecule has 0 saturated heterocycles. The zero-order valence-corrected chi connectivity index (χ0v) is 11.6. The van der Waals surface area contributed by atoms with Crippen LogP contribution < -0.4 is 10.4 Å². The summed E-state index contributed by atoms with van der Waals surface area (Å²) in [6.07, 6.45) is 4.05. The fourth-order valence-electron chi connectivity index (χ4n) is 2.09. The average Bonchev–Trinajstić information content (AvgIpc) is 2.41. The molecule has 0 radical (unpaired) electrons. The van der Waals surface area contributed by atoms with Gasteiger partial charge in [-0.25, -0.2) is 4.79 Å². The van der Waals surface area contributed by atoms with E-state index >= 15 is 0 Å². The van der Waals surface area contributed by atoms with Gasteiger partial charge < -0.3 is 9.15 Å². The quantitative estimate of drug-likeness (QED) is 0.739. The van der Waals surface area contributed by atoms with Crippen LogP contribution in [0.5, 0.6) is 5.75 Å². The molecule has 2 aromatic rings. The molecule has 3 nitrogen and oxygen atoms in total. The van der Waals surface area contributed by atoms with Crippen molar-refractivity contribution in [2.75, 3.05) is 6.61 Å². The normalized spacial score (nSPS) is 10.8. The molecule has 3 heteroatoms. The van der Waals surface area contributed by atoms with E-state index in [1.165, 1.54) is 0 Å². The van der Waals surface area contributed by atoms with Crippen molar-refractivity contribution in [3.05, 3.63) is 40.2 Å². The van der Waals surface area contributed by atoms with E-state index in [4.69, 9.17) is 9.15 Å². The lowest BCUT2D eigenvalue weighted by molar-refractivity contribution is 0.317. The van der Waals surface area contributed by atoms with Gasteiger partial charge in [0.2, 0.25) is 0 Å². The predicted molar refractivity (Wildman–Crippen MR) is 76.9 cm³/mol. The second-order valence-electron chi connectivity index (χ2n) is 4.70. The van der Waals surface area contributed by atoms with E-state index < -0.39 is 0 Å². The molecule has 0 bridgehead atoms. The van der Waals surface area contributed by atoms with Gasteiger partial charge in [-0.3, -0.25) is 0 Å². The first-order valence-corrected chi connectivity index (χ1v) is 6.94. The molecule has 1 aromatic carbocycles. The smallest absolute Gasteiger partial charge is 0.336 e. The van der Waals surface area contributed by atoms with E-state index in [1.807, 2.05) is 18.2 Å². The summed E-state index contributed by atoms with van der Waals surface area (Å²) >= 11 is 0. The van der Waals surface area contributed by atoms with Crippen LogP contribution in [0.25, 0.3) is 11.0 Å². The maximum Gasteiger partial charge on any atom is 0.336 e. The zero-order valence-electron chi connectivity index (χ0n) is 11.6. The molecule has 0 aliphatic heterocycles. The van der Waals surface area contributed by atoms with E-state index in [2.05, 4.69) is 13.8 Å². The SMILES string of the molecule is CCCCc1cc(=O)oc2cc(OCCC)ccc12. The van der Waals surface area contributed by atoms with Crippen LogP contribution in [0.2, 0.25) is 0 Å². The van der Waals surface area contributed by atoms with Gasteiger partial charge in [-0.1, -0.05) is 20.3 Å². The molecule has 0 aliphatic rings. The molecule has 0 saturated carbocycles. The number of hydrogen-bond donors (Lipinski definition) is 0. The molecule has 1 heterocycles. The summed E-state index contributed by atoms with van der Waals surface area (Å²) in [6.45, 7) is 4.87. The van der Waals surface area contributed by atoms with Gasteiger partial charge in [0, 0.05) is 17.5 Å². The third kappa shape index (κ3) is 3.37. The molecule has 2 rings (SSSR count). The van der Waals surface area contributed by atoms with E-state index in [9.17, 15) is 4.79 Å². The minimum Gasteiger partial charge on any atom is -0.493 e. The van der Waals surface area contributed by atoms with Crippen LogP contribution in [0.3, 0.4) is 0 Å². The Bertz CT molecular complexity index is 598. The van der Waals surface area contributed by atoms with Crippen LogP contribution in [0.4, 0.5) is 0 Å². The van der Waals surface area contributed by atoms with Gasteiger partial charge in [-0.05, 0) is 37.0 Å². The van der Waals surface area contributed by atoms with Gasteiger partial charge in [-0.2, -0.15) is 0 Å². The molecule has 0 fully saturated rings. The molecule has 0 aliphatic carbocycles. The standard InChI is InChI=1S/C16H20O3/c1-3-5-6-12-10-16(17)19-15-11-13(18-9-4-2)7-8-14(12)15/h7-8,10-11H,3-6,9H2,1-2H3. The van der Waals surface area contributed by atoms with Gasteiger partial charge in [0.05, 0.1) is 6.61 Å². The monoisotopic (exact) mass is 260 g/mol. The molecule has 0 spiro atoms. The average molecular weight is 260 g/mol. The number of ether oxygens (including phenoxy) is 1. The fourth-order valence-corrected chi connectivity index (χ4v) is 2.09. The maximum absolute atomic E-state index is 11.6. The summed E-state index contributed by atoms with van der Waals surface area (Å²) in [5.74, 6) is 0.755. The van der Waals surface area contributed by atoms with Crippen LogP contribution in [0.1, 0.15) is 38.7 Å². The first-order chi connectivity index (χ1) is 9.24. The Morgan fingerprint density at radius 3 is 2.74 bits per heavy atom. The maximum atomic E-state index is 11.6. The Labute approximate surface area is 113 Å². The Balaban J connectivity index is 2.39. The lowest BCUT2D eigenvalue weighted by atomic mass is 10.0. The summed E-state index contributed by atoms with van der Waals surface area (Å²) in [4.78, 5) is 11.6. The number of hydrogen-bond acceptors (Lipinski definition) is 3. The van der Waals surface area contributed by atoms with Crippen molar-refractivity contribution in [2.24, 2.45) is 0 Å². The number of rotatable bonds is 6. The van der Waals surface area contributed by atoms with Gasteiger partial charge in [0.15, 0.2) is 0 Å². The second kappa shape index (κ2) is 6.41. The van der Waals surface area contributed by atoms with Gasteiger partial charge >= 0.3 is 5.63 Å². The third-order valence-electron chi connectivity index (χ3n) is 3.07. The van der Waals surface area contributed by atoms with Crippen molar-refractivity contribution < 1.29 is 9.15 Å². The first-order valence-electron chi connectivity index (χ1n) is 6.94. The molecule has 102 valence electrons. The Kier molecular flexibility index (Phi) is 4.61. The molecule has 0 N–H and O–H groups in total. The van der Waals surface area contributed by atoms with Crippen LogP contribution in [-0.4, -0.2) is 6.61 Å². The highest BCUT2D eigenvalue weighted by molar-refractivity contribution is 5.81. The highest BCUT2D eigenvalue weighted by Gasteiger charge is 2.06. The van der Waals surface area contributed by atoms with Crippen molar-refractivity contribution >= 4 is 11.0 Å². The molecule has 0 atom stereocenters. The summed E-state index contributed by atoms with van der Waals surface area (Å²) in [5, 5.41) is 1.01. The van der Waals surface area contributed by atoms with Crippen molar-refractivity contribution in [3.8, 4) is 5.75 Å². The van der Waals surface area contributed by atoms with Crippen LogP contribution in [0, 0.1) is 0 Å². The van der Waals surface area contributed by atoms with E-state index in [0.29, 0.717) is 12.2 Å². The lowest BCUT2D eigenvalue weighted by Gasteiger charge is -2.08. The summed E-state index contributed by atoms with van der Waals surface area (Å²) in [5.41, 5.74) is 1.40. The van der Waals surface area contributed by atoms with Crippen LogP contribution >= 0.6 is 0 Å². The number of benzene rings is 1. The fraction of sp³-hybridized carbons (Fsp3) is 0.438. The van der Waals surface area contributed by atoms with Crippen molar-refractivity contribution in [1.29, 1.82) is 0 Å². The number of fused-ring (bicyclic) bond motifs is 1. The highest BCUT2D eigenvalue weighted by Crippen LogP contribution is 2.23. The van der Waals surface area contributed by atoms with Gasteiger partial charge in [-0.15, -0.1) is 0 Å². The van der Waals surface area contributed by atoms with E-state index in [0.717, 1.165) is 42.4 Å². The Morgan fingerprint density at radius 1 is 1.16 bits per heavy atom. The molecular weight excluding hydrogens is 240 g/mol. The second-order valence-corrected chi connectivity index (χ2v) is 4.70. The zero-order chi connectivity index (χ0) is 13.7. The Hall–Kier alpha value is -1.77. The highest BCUT2D eigenvalue weighted by atomic mass is 16.5. The van der Waals surface area contributed by atoms with E-state index in [1.54, 1.807) is 6.07 Å². The van der Waals surface area contributed by atoms with Crippen LogP contribution in [-0.2, 0) is 6.42 Å². The molecule has 0 amide bonds. The van der Waals surface area contributed by atoms with Crippen LogP contribution in [0.15, 0.2) is 33.5 Å². The molecule has 1 aromatic heterocycles. The third-order valence-corrected chi connectivity index (χ3v) is 3.07. The summed E-state index contributed by atoms with van der Waals surface area (Å²) in [6, 6.07) is 7.33. The first kappa shape index (κ1) is 13.7. The largest absolute Gasteiger partial charge is 0.493 e. The minimum atomic E-state index is -0.286. The van der Waals surface area contributed by atoms with Crippen molar-refractivity contribution in [3.63, 3.8) is 0 Å². The minimum absolute atomic E-state index is 0.286. The molecule has 19 heavy (non-hydrogen) atoms. The van der Waals surface area contributed by atoms with E-state index in [-0.39, 0.29) is 5.63 Å². The molecule has 0 unspecified atom stereocenters. The Morgan fingerprint density at radius 2 is 2.00 bits per heavy atom. The number of unbranched alkanes of at least 4 members (excludes halogenated alkanes) is 1. The summed E-state index contributed by atoms with van der Waals surface area (Å²) < 4.78 is 10.8. The molecular formula is C16H20O3. The topological polar surface area (TPSA) is 39.4 Å².